The maximum absolute atomic E-state index is 14.1. The number of benzene rings is 1. The molecule has 0 spiro atoms. The minimum Gasteiger partial charge on any atom is -0.333 e. The molecule has 0 radical (unpaired) electrons. The van der Waals surface area contributed by atoms with Crippen LogP contribution in [0.4, 0.5) is 4.39 Å². The number of carbonyl (C=O) groups excluding carboxylic acids is 1. The smallest absolute Gasteiger partial charge is 0.257 e. The average molecular weight is 391 g/mol. The lowest BCUT2D eigenvalue weighted by atomic mass is 10.0. The van der Waals surface area contributed by atoms with Crippen LogP contribution in [0.1, 0.15) is 36.0 Å². The van der Waals surface area contributed by atoms with Crippen molar-refractivity contribution in [1.29, 1.82) is 0 Å². The largest absolute Gasteiger partial charge is 0.333 e. The SMILES string of the molecule is O=C(c1cccc(Br)c1F)N1C2CCC1CC(Br)C2. The Morgan fingerprint density at radius 2 is 1.89 bits per heavy atom. The fourth-order valence-corrected chi connectivity index (χ4v) is 4.48. The first-order valence-corrected chi connectivity index (χ1v) is 8.19. The Balaban J connectivity index is 1.91. The number of alkyl halides is 1. The Morgan fingerprint density at radius 3 is 2.53 bits per heavy atom. The molecule has 2 aliphatic rings. The van der Waals surface area contributed by atoms with Crippen LogP contribution in [-0.4, -0.2) is 27.7 Å². The fourth-order valence-electron chi connectivity index (χ4n) is 3.25. The number of nitrogens with zero attached hydrogens (tertiary/aromatic N) is 1. The van der Waals surface area contributed by atoms with Crippen molar-refractivity contribution in [2.24, 2.45) is 0 Å². The van der Waals surface area contributed by atoms with Crippen molar-refractivity contribution in [3.63, 3.8) is 0 Å². The van der Waals surface area contributed by atoms with E-state index in [-0.39, 0.29) is 23.6 Å². The highest BCUT2D eigenvalue weighted by Gasteiger charge is 2.43. The first kappa shape index (κ1) is 13.6. The molecule has 2 nitrogen and oxygen atoms in total. The van der Waals surface area contributed by atoms with E-state index in [1.807, 2.05) is 4.90 Å². The standard InChI is InChI=1S/C14H14Br2FNO/c15-8-6-9-4-5-10(7-8)18(9)14(19)11-2-1-3-12(16)13(11)17/h1-3,8-10H,4-7H2. The highest BCUT2D eigenvalue weighted by atomic mass is 79.9. The molecule has 19 heavy (non-hydrogen) atoms. The van der Waals surface area contributed by atoms with E-state index in [2.05, 4.69) is 31.9 Å². The molecule has 5 heteroatoms. The van der Waals surface area contributed by atoms with Gasteiger partial charge in [0.15, 0.2) is 0 Å². The molecule has 2 heterocycles. The zero-order chi connectivity index (χ0) is 13.6. The van der Waals surface area contributed by atoms with E-state index in [9.17, 15) is 9.18 Å². The number of rotatable bonds is 1. The van der Waals surface area contributed by atoms with Crippen LogP contribution in [0.3, 0.4) is 0 Å². The molecular weight excluding hydrogens is 377 g/mol. The third-order valence-corrected chi connectivity index (χ3v) is 5.45. The van der Waals surface area contributed by atoms with Crippen molar-refractivity contribution >= 4 is 37.8 Å². The zero-order valence-electron chi connectivity index (χ0n) is 10.3. The molecule has 2 aliphatic heterocycles. The molecule has 1 aromatic carbocycles. The Labute approximate surface area is 128 Å². The van der Waals surface area contributed by atoms with E-state index in [4.69, 9.17) is 0 Å². The molecule has 2 saturated heterocycles. The van der Waals surface area contributed by atoms with Gasteiger partial charge in [0.25, 0.3) is 5.91 Å². The highest BCUT2D eigenvalue weighted by Crippen LogP contribution is 2.39. The Hall–Kier alpha value is -0.420. The second-order valence-electron chi connectivity index (χ2n) is 5.27. The van der Waals surface area contributed by atoms with E-state index in [1.54, 1.807) is 18.2 Å². The van der Waals surface area contributed by atoms with E-state index < -0.39 is 5.82 Å². The molecule has 2 fully saturated rings. The van der Waals surface area contributed by atoms with Gasteiger partial charge in [-0.3, -0.25) is 4.79 Å². The monoisotopic (exact) mass is 389 g/mol. The quantitative estimate of drug-likeness (QED) is 0.660. The van der Waals surface area contributed by atoms with Gasteiger partial charge in [-0.1, -0.05) is 22.0 Å². The third-order valence-electron chi connectivity index (χ3n) is 4.09. The van der Waals surface area contributed by atoms with Crippen LogP contribution in [0.5, 0.6) is 0 Å². The zero-order valence-corrected chi connectivity index (χ0v) is 13.5. The van der Waals surface area contributed by atoms with Crippen LogP contribution >= 0.6 is 31.9 Å². The summed E-state index contributed by atoms with van der Waals surface area (Å²) in [5.41, 5.74) is 0.180. The highest BCUT2D eigenvalue weighted by molar-refractivity contribution is 9.10. The van der Waals surface area contributed by atoms with Crippen LogP contribution in [-0.2, 0) is 0 Å². The van der Waals surface area contributed by atoms with Gasteiger partial charge in [0.05, 0.1) is 10.0 Å². The van der Waals surface area contributed by atoms with Crippen LogP contribution < -0.4 is 0 Å². The first-order valence-electron chi connectivity index (χ1n) is 6.48. The molecule has 1 aromatic rings. The van der Waals surface area contributed by atoms with Gasteiger partial charge in [-0.05, 0) is 53.7 Å². The number of amides is 1. The first-order chi connectivity index (χ1) is 9.08. The predicted molar refractivity (Wildman–Crippen MR) is 79.0 cm³/mol. The summed E-state index contributed by atoms with van der Waals surface area (Å²) in [6.45, 7) is 0. The normalized spacial score (nSPS) is 29.6. The third kappa shape index (κ3) is 2.35. The van der Waals surface area contributed by atoms with Gasteiger partial charge in [-0.25, -0.2) is 4.39 Å². The molecule has 2 unspecified atom stereocenters. The fraction of sp³-hybridized carbons (Fsp3) is 0.500. The molecule has 0 aromatic heterocycles. The van der Waals surface area contributed by atoms with Crippen molar-refractivity contribution in [2.45, 2.75) is 42.6 Å². The minimum atomic E-state index is -0.451. The number of hydrogen-bond acceptors (Lipinski definition) is 1. The maximum Gasteiger partial charge on any atom is 0.257 e. The lowest BCUT2D eigenvalue weighted by Crippen LogP contribution is -2.47. The second-order valence-corrected chi connectivity index (χ2v) is 7.42. The average Bonchev–Trinajstić information content (AvgIpc) is 2.64. The van der Waals surface area contributed by atoms with E-state index in [0.29, 0.717) is 9.30 Å². The van der Waals surface area contributed by atoms with Gasteiger partial charge < -0.3 is 4.90 Å². The van der Waals surface area contributed by atoms with Gasteiger partial charge in [0.1, 0.15) is 5.82 Å². The summed E-state index contributed by atoms with van der Waals surface area (Å²) < 4.78 is 14.4. The molecule has 1 amide bonds. The van der Waals surface area contributed by atoms with Crippen LogP contribution in [0.15, 0.2) is 22.7 Å². The van der Waals surface area contributed by atoms with Gasteiger partial charge in [-0.15, -0.1) is 0 Å². The minimum absolute atomic E-state index is 0.161. The Morgan fingerprint density at radius 1 is 1.26 bits per heavy atom. The molecule has 102 valence electrons. The lowest BCUT2D eigenvalue weighted by molar-refractivity contribution is 0.0598. The summed E-state index contributed by atoms with van der Waals surface area (Å²) in [7, 11) is 0. The van der Waals surface area contributed by atoms with E-state index in [0.717, 1.165) is 25.7 Å². The van der Waals surface area contributed by atoms with Crippen LogP contribution in [0.25, 0.3) is 0 Å². The van der Waals surface area contributed by atoms with E-state index in [1.165, 1.54) is 0 Å². The van der Waals surface area contributed by atoms with Crippen molar-refractivity contribution in [3.8, 4) is 0 Å². The topological polar surface area (TPSA) is 20.3 Å². The molecule has 3 rings (SSSR count). The number of carbonyl (C=O) groups is 1. The van der Waals surface area contributed by atoms with Crippen molar-refractivity contribution in [3.05, 3.63) is 34.1 Å². The summed E-state index contributed by atoms with van der Waals surface area (Å²) in [4.78, 5) is 15.0. The van der Waals surface area contributed by atoms with Crippen LogP contribution in [0, 0.1) is 5.82 Å². The number of piperidine rings is 1. The second kappa shape index (κ2) is 5.17. The summed E-state index contributed by atoms with van der Waals surface area (Å²) in [6.07, 6.45) is 4.01. The van der Waals surface area contributed by atoms with Gasteiger partial charge in [0, 0.05) is 16.9 Å². The van der Waals surface area contributed by atoms with Gasteiger partial charge in [-0.2, -0.15) is 0 Å². The lowest BCUT2D eigenvalue weighted by Gasteiger charge is -2.37. The summed E-state index contributed by atoms with van der Waals surface area (Å²) in [5.74, 6) is -0.612. The Kier molecular flexibility index (Phi) is 3.69. The number of hydrogen-bond donors (Lipinski definition) is 0. The molecule has 0 saturated carbocycles. The summed E-state index contributed by atoms with van der Waals surface area (Å²) in [6, 6.07) is 5.41. The molecule has 2 bridgehead atoms. The predicted octanol–water partition coefficient (Wildman–Crippen LogP) is 4.12. The molecule has 0 N–H and O–H groups in total. The van der Waals surface area contributed by atoms with Gasteiger partial charge in [0.2, 0.25) is 0 Å². The van der Waals surface area contributed by atoms with Crippen LogP contribution in [0.2, 0.25) is 0 Å². The Bertz CT molecular complexity index is 508. The summed E-state index contributed by atoms with van der Waals surface area (Å²) in [5, 5.41) is 0. The van der Waals surface area contributed by atoms with Gasteiger partial charge >= 0.3 is 0 Å². The van der Waals surface area contributed by atoms with E-state index >= 15 is 0 Å². The van der Waals surface area contributed by atoms with Crippen molar-refractivity contribution in [2.75, 3.05) is 0 Å². The molecule has 0 aliphatic carbocycles. The number of fused-ring (bicyclic) bond motifs is 2. The molecule has 2 atom stereocenters. The molecular formula is C14H14Br2FNO. The van der Waals surface area contributed by atoms with Crippen molar-refractivity contribution < 1.29 is 9.18 Å². The maximum atomic E-state index is 14.1. The van der Waals surface area contributed by atoms with Crippen molar-refractivity contribution in [1.82, 2.24) is 4.90 Å². The summed E-state index contributed by atoms with van der Waals surface area (Å²) >= 11 is 6.79. The number of halogens is 3.